The van der Waals surface area contributed by atoms with Crippen LogP contribution in [0.4, 0.5) is 0 Å². The van der Waals surface area contributed by atoms with Crippen molar-refractivity contribution in [1.82, 2.24) is 0 Å². The maximum absolute atomic E-state index is 11.1. The quantitative estimate of drug-likeness (QED) is 0.248. The highest BCUT2D eigenvalue weighted by Crippen LogP contribution is 2.03. The summed E-state index contributed by atoms with van der Waals surface area (Å²) >= 11 is 0. The summed E-state index contributed by atoms with van der Waals surface area (Å²) in [4.78, 5) is 33.1. The minimum absolute atomic E-state index is 0.609. The number of hydrogen-bond acceptors (Lipinski definition) is 9. The first-order chi connectivity index (χ1) is 9.65. The average Bonchev–Trinajstić information content (AvgIpc) is 2.40. The van der Waals surface area contributed by atoms with E-state index in [0.29, 0.717) is 0 Å². The summed E-state index contributed by atoms with van der Waals surface area (Å²) in [5.74, 6) is -6.29. The monoisotopic (exact) mass is 302 g/mol. The fraction of sp³-hybridized carbons (Fsp3) is 0.250. The molecule has 0 aromatic carbocycles. The molecule has 0 aliphatic carbocycles. The van der Waals surface area contributed by atoms with Gasteiger partial charge in [0, 0.05) is 0 Å². The van der Waals surface area contributed by atoms with Crippen molar-refractivity contribution in [3.63, 3.8) is 0 Å². The predicted octanol–water partition coefficient (Wildman–Crippen LogP) is 0.200. The van der Waals surface area contributed by atoms with E-state index < -0.39 is 54.5 Å². The van der Waals surface area contributed by atoms with Crippen molar-refractivity contribution >= 4 is 17.9 Å². The molecular weight excluding hydrogens is 288 g/mol. The zero-order valence-corrected chi connectivity index (χ0v) is 10.9. The molecule has 0 amide bonds. The SMILES string of the molecule is C=C(O)C(=O)OCC(COC(=O)C(=C)O)OC(=O)C(=C)O. The van der Waals surface area contributed by atoms with Crippen LogP contribution in [0.1, 0.15) is 0 Å². The van der Waals surface area contributed by atoms with Crippen LogP contribution < -0.4 is 0 Å². The van der Waals surface area contributed by atoms with Crippen LogP contribution in [0, 0.1) is 0 Å². The van der Waals surface area contributed by atoms with Gasteiger partial charge in [0.05, 0.1) is 0 Å². The molecule has 21 heavy (non-hydrogen) atoms. The minimum atomic E-state index is -1.31. The fourth-order valence-corrected chi connectivity index (χ4v) is 0.839. The lowest BCUT2D eigenvalue weighted by molar-refractivity contribution is -0.164. The van der Waals surface area contributed by atoms with Gasteiger partial charge in [0.15, 0.2) is 23.4 Å². The van der Waals surface area contributed by atoms with Crippen molar-refractivity contribution in [2.45, 2.75) is 6.10 Å². The third kappa shape index (κ3) is 7.25. The van der Waals surface area contributed by atoms with Gasteiger partial charge in [0.2, 0.25) is 0 Å². The van der Waals surface area contributed by atoms with E-state index in [4.69, 9.17) is 15.3 Å². The fourth-order valence-electron chi connectivity index (χ4n) is 0.839. The summed E-state index contributed by atoms with van der Waals surface area (Å²) in [7, 11) is 0. The Balaban J connectivity index is 4.61. The van der Waals surface area contributed by atoms with Crippen molar-refractivity contribution in [3.05, 3.63) is 37.0 Å². The van der Waals surface area contributed by atoms with Crippen molar-refractivity contribution in [1.29, 1.82) is 0 Å². The summed E-state index contributed by atoms with van der Waals surface area (Å²) in [6, 6.07) is 0. The lowest BCUT2D eigenvalue weighted by Gasteiger charge is -2.17. The van der Waals surface area contributed by atoms with Crippen LogP contribution >= 0.6 is 0 Å². The molecule has 116 valence electrons. The Kier molecular flexibility index (Phi) is 7.08. The molecule has 0 saturated heterocycles. The third-order valence-corrected chi connectivity index (χ3v) is 1.78. The third-order valence-electron chi connectivity index (χ3n) is 1.78. The smallest absolute Gasteiger partial charge is 0.373 e. The van der Waals surface area contributed by atoms with Gasteiger partial charge in [-0.2, -0.15) is 0 Å². The number of ether oxygens (including phenoxy) is 3. The second kappa shape index (κ2) is 8.25. The Morgan fingerprint density at radius 2 is 1.10 bits per heavy atom. The van der Waals surface area contributed by atoms with Gasteiger partial charge in [-0.05, 0) is 19.7 Å². The van der Waals surface area contributed by atoms with Gasteiger partial charge >= 0.3 is 17.9 Å². The number of carbonyl (C=O) groups is 3. The van der Waals surface area contributed by atoms with Gasteiger partial charge in [-0.3, -0.25) is 0 Å². The highest BCUT2D eigenvalue weighted by Gasteiger charge is 2.21. The molecule has 9 heteroatoms. The van der Waals surface area contributed by atoms with E-state index in [2.05, 4.69) is 33.9 Å². The van der Waals surface area contributed by atoms with Crippen LogP contribution in [-0.4, -0.2) is 52.5 Å². The molecular formula is C12H14O9. The lowest BCUT2D eigenvalue weighted by Crippen LogP contribution is -2.31. The Hall–Kier alpha value is -2.97. The Labute approximate surface area is 119 Å². The summed E-state index contributed by atoms with van der Waals surface area (Å²) in [6.45, 7) is 7.51. The zero-order valence-electron chi connectivity index (χ0n) is 10.9. The summed E-state index contributed by atoms with van der Waals surface area (Å²) in [5, 5.41) is 26.3. The van der Waals surface area contributed by atoms with E-state index in [0.717, 1.165) is 0 Å². The molecule has 0 fully saturated rings. The molecule has 0 radical (unpaired) electrons. The average molecular weight is 302 g/mol. The summed E-state index contributed by atoms with van der Waals surface area (Å²) < 4.78 is 13.6. The molecule has 0 aliphatic rings. The van der Waals surface area contributed by atoms with Gasteiger partial charge < -0.3 is 29.5 Å². The van der Waals surface area contributed by atoms with Crippen LogP contribution in [0.15, 0.2) is 37.0 Å². The largest absolute Gasteiger partial charge is 0.502 e. The number of carbonyl (C=O) groups excluding carboxylic acids is 3. The molecule has 0 spiro atoms. The maximum Gasteiger partial charge on any atom is 0.373 e. The first-order valence-corrected chi connectivity index (χ1v) is 5.34. The predicted molar refractivity (Wildman–Crippen MR) is 67.1 cm³/mol. The first kappa shape index (κ1) is 18.0. The molecule has 0 heterocycles. The molecule has 0 atom stereocenters. The van der Waals surface area contributed by atoms with Crippen LogP contribution in [0.5, 0.6) is 0 Å². The summed E-state index contributed by atoms with van der Waals surface area (Å²) in [5.41, 5.74) is 0. The second-order valence-electron chi connectivity index (χ2n) is 3.56. The van der Waals surface area contributed by atoms with Crippen molar-refractivity contribution in [2.24, 2.45) is 0 Å². The number of hydrogen-bond donors (Lipinski definition) is 3. The van der Waals surface area contributed by atoms with Gasteiger partial charge in [0.1, 0.15) is 13.2 Å². The van der Waals surface area contributed by atoms with E-state index in [1.807, 2.05) is 0 Å². The lowest BCUT2D eigenvalue weighted by atomic mass is 10.4. The molecule has 0 aromatic rings. The van der Waals surface area contributed by atoms with Crippen molar-refractivity contribution in [3.8, 4) is 0 Å². The number of aliphatic hydroxyl groups is 3. The maximum atomic E-state index is 11.1. The number of aliphatic hydroxyl groups excluding tert-OH is 3. The van der Waals surface area contributed by atoms with E-state index in [9.17, 15) is 14.4 Å². The van der Waals surface area contributed by atoms with E-state index in [-0.39, 0.29) is 0 Å². The van der Waals surface area contributed by atoms with Crippen molar-refractivity contribution < 1.29 is 43.9 Å². The number of esters is 3. The Bertz CT molecular complexity index is 447. The number of rotatable bonds is 8. The van der Waals surface area contributed by atoms with Gasteiger partial charge in [0.25, 0.3) is 0 Å². The molecule has 0 rings (SSSR count). The highest BCUT2D eigenvalue weighted by molar-refractivity contribution is 5.86. The Morgan fingerprint density at radius 3 is 1.38 bits per heavy atom. The molecule has 9 nitrogen and oxygen atoms in total. The van der Waals surface area contributed by atoms with Crippen molar-refractivity contribution in [2.75, 3.05) is 13.2 Å². The van der Waals surface area contributed by atoms with Crippen LogP contribution in [0.25, 0.3) is 0 Å². The van der Waals surface area contributed by atoms with Gasteiger partial charge in [-0.25, -0.2) is 14.4 Å². The Morgan fingerprint density at radius 1 is 0.762 bits per heavy atom. The minimum Gasteiger partial charge on any atom is -0.502 e. The normalized spacial score (nSPS) is 9.57. The van der Waals surface area contributed by atoms with Crippen LogP contribution in [-0.2, 0) is 28.6 Å². The standard InChI is InChI=1S/C12H14O9/c1-6(13)10(16)19-4-9(21-12(18)8(3)15)5-20-11(17)7(2)14/h9,13-15H,1-5H2. The molecule has 3 N–H and O–H groups in total. The zero-order chi connectivity index (χ0) is 16.6. The highest BCUT2D eigenvalue weighted by atomic mass is 16.6. The van der Waals surface area contributed by atoms with E-state index in [1.165, 1.54) is 0 Å². The second-order valence-corrected chi connectivity index (χ2v) is 3.56. The molecule has 0 saturated carbocycles. The summed E-state index contributed by atoms with van der Waals surface area (Å²) in [6.07, 6.45) is -1.31. The van der Waals surface area contributed by atoms with Gasteiger partial charge in [-0.15, -0.1) is 0 Å². The van der Waals surface area contributed by atoms with Gasteiger partial charge in [-0.1, -0.05) is 0 Å². The molecule has 0 unspecified atom stereocenters. The van der Waals surface area contributed by atoms with Crippen LogP contribution in [0.2, 0.25) is 0 Å². The van der Waals surface area contributed by atoms with E-state index in [1.54, 1.807) is 0 Å². The first-order valence-electron chi connectivity index (χ1n) is 5.34. The van der Waals surface area contributed by atoms with E-state index >= 15 is 0 Å². The molecule has 0 aliphatic heterocycles. The topological polar surface area (TPSA) is 140 Å². The molecule has 0 aromatic heterocycles. The molecule has 0 bridgehead atoms. The van der Waals surface area contributed by atoms with Crippen LogP contribution in [0.3, 0.4) is 0 Å².